The number of alkyl halides is 2. The molecule has 1 fully saturated rings. The fourth-order valence-electron chi connectivity index (χ4n) is 3.71. The summed E-state index contributed by atoms with van der Waals surface area (Å²) in [5.74, 6) is 0.420. The standard InChI is InChI=1S/C16H16F2N6O2S.C6H4ClF.C2H6O/c1-26-16(25)21-9-6-12-10(11-2-4-24(22-11)15(17)18)7-20-13(23(12)8-9)14-19-3-5-27-14;7-5-2-1-3-6(8)4-5;1-2-3/h2-5,9,15H,6-8H2,1H3,(H,21,25);1-4H;3H,2H2,1H3. The first-order chi connectivity index (χ1) is 18.3. The van der Waals surface area contributed by atoms with Crippen LogP contribution in [0.3, 0.4) is 0 Å². The van der Waals surface area contributed by atoms with E-state index in [9.17, 15) is 18.0 Å². The van der Waals surface area contributed by atoms with Crippen LogP contribution in [0.15, 0.2) is 58.8 Å². The number of hydrogen-bond donors (Lipinski definition) is 2. The number of methoxy groups -OCH3 is 1. The van der Waals surface area contributed by atoms with Crippen LogP contribution in [0, 0.1) is 5.82 Å². The van der Waals surface area contributed by atoms with Crippen molar-refractivity contribution < 1.29 is 27.8 Å². The molecule has 2 aliphatic heterocycles. The number of fused-ring (bicyclic) bond motifs is 1. The number of amidine groups is 1. The number of aliphatic imine (C=N–C) groups is 1. The lowest BCUT2D eigenvalue weighted by Gasteiger charge is -2.27. The second-order valence-electron chi connectivity index (χ2n) is 7.76. The summed E-state index contributed by atoms with van der Waals surface area (Å²) in [4.78, 5) is 22.5. The second kappa shape index (κ2) is 13.9. The molecule has 2 aliphatic rings. The average molecular weight is 571 g/mol. The SMILES string of the molecule is CCO.COC(=O)NC1CC2=C(c3ccn(C(F)F)n3)CN=C(c3nccs3)N2C1.Fc1cccc(Cl)c1. The molecular weight excluding hydrogens is 545 g/mol. The first kappa shape index (κ1) is 29.1. The van der Waals surface area contributed by atoms with E-state index in [4.69, 9.17) is 16.7 Å². The Kier molecular flexibility index (Phi) is 10.7. The fraction of sp³-hybridized carbons (Fsp3) is 0.333. The Morgan fingerprint density at radius 3 is 2.68 bits per heavy atom. The molecule has 9 nitrogen and oxygen atoms in total. The average Bonchev–Trinajstić information content (AvgIpc) is 3.65. The Balaban J connectivity index is 0.000000305. The molecule has 0 aliphatic carbocycles. The number of nitrogens with one attached hydrogen (secondary N) is 1. The van der Waals surface area contributed by atoms with Crippen LogP contribution in [-0.4, -0.2) is 69.5 Å². The highest BCUT2D eigenvalue weighted by molar-refractivity contribution is 7.11. The zero-order valence-corrected chi connectivity index (χ0v) is 22.1. The molecule has 204 valence electrons. The number of rotatable bonds is 4. The molecule has 1 saturated heterocycles. The third kappa shape index (κ3) is 7.55. The molecule has 0 bridgehead atoms. The van der Waals surface area contributed by atoms with E-state index in [0.29, 0.717) is 40.7 Å². The molecule has 5 rings (SSSR count). The maximum Gasteiger partial charge on any atom is 0.407 e. The van der Waals surface area contributed by atoms with Gasteiger partial charge in [-0.2, -0.15) is 13.9 Å². The molecule has 1 atom stereocenters. The number of thiazole rings is 1. The number of benzene rings is 1. The highest BCUT2D eigenvalue weighted by atomic mass is 35.5. The van der Waals surface area contributed by atoms with Gasteiger partial charge in [-0.1, -0.05) is 17.7 Å². The van der Waals surface area contributed by atoms with Crippen LogP contribution in [-0.2, 0) is 4.74 Å². The highest BCUT2D eigenvalue weighted by Crippen LogP contribution is 2.35. The lowest BCUT2D eigenvalue weighted by Crippen LogP contribution is -2.39. The topological polar surface area (TPSA) is 105 Å². The maximum absolute atomic E-state index is 12.9. The Morgan fingerprint density at radius 2 is 2.13 bits per heavy atom. The van der Waals surface area contributed by atoms with E-state index in [1.165, 1.54) is 36.8 Å². The third-order valence-corrected chi connectivity index (χ3v) is 6.20. The third-order valence-electron chi connectivity index (χ3n) is 5.19. The number of amides is 1. The van der Waals surface area contributed by atoms with Gasteiger partial charge in [0.05, 0.1) is 25.4 Å². The minimum absolute atomic E-state index is 0.192. The normalized spacial score (nSPS) is 16.2. The van der Waals surface area contributed by atoms with Crippen molar-refractivity contribution in [2.24, 2.45) is 4.99 Å². The molecule has 14 heteroatoms. The van der Waals surface area contributed by atoms with Gasteiger partial charge in [0, 0.05) is 53.6 Å². The van der Waals surface area contributed by atoms with Crippen LogP contribution in [0.2, 0.25) is 5.02 Å². The summed E-state index contributed by atoms with van der Waals surface area (Å²) < 4.78 is 43.2. The smallest absolute Gasteiger partial charge is 0.407 e. The van der Waals surface area contributed by atoms with E-state index in [2.05, 4.69) is 25.1 Å². The van der Waals surface area contributed by atoms with E-state index in [1.807, 2.05) is 10.3 Å². The Morgan fingerprint density at radius 1 is 1.37 bits per heavy atom. The van der Waals surface area contributed by atoms with Crippen molar-refractivity contribution in [3.63, 3.8) is 0 Å². The van der Waals surface area contributed by atoms with Gasteiger partial charge in [-0.05, 0) is 31.2 Å². The van der Waals surface area contributed by atoms with Crippen LogP contribution in [0.25, 0.3) is 5.57 Å². The molecule has 3 aromatic rings. The second-order valence-corrected chi connectivity index (χ2v) is 9.10. The summed E-state index contributed by atoms with van der Waals surface area (Å²) in [6.45, 7) is 0.0316. The first-order valence-electron chi connectivity index (χ1n) is 11.4. The van der Waals surface area contributed by atoms with E-state index >= 15 is 0 Å². The number of aliphatic hydroxyl groups excluding tert-OH is 1. The molecule has 38 heavy (non-hydrogen) atoms. The van der Waals surface area contributed by atoms with Crippen LogP contribution in [0.5, 0.6) is 0 Å². The van der Waals surface area contributed by atoms with Gasteiger partial charge in [-0.15, -0.1) is 11.3 Å². The van der Waals surface area contributed by atoms with Crippen molar-refractivity contribution in [3.8, 4) is 0 Å². The predicted molar refractivity (Wildman–Crippen MR) is 139 cm³/mol. The number of halogens is 4. The quantitative estimate of drug-likeness (QED) is 0.466. The van der Waals surface area contributed by atoms with E-state index in [-0.39, 0.29) is 18.5 Å². The number of alkyl carbamates (subject to hydrolysis) is 1. The largest absolute Gasteiger partial charge is 0.453 e. The summed E-state index contributed by atoms with van der Waals surface area (Å²) in [7, 11) is 1.31. The first-order valence-corrected chi connectivity index (χ1v) is 12.7. The molecular formula is C24H26ClF3N6O3S. The van der Waals surface area contributed by atoms with Crippen LogP contribution >= 0.6 is 22.9 Å². The number of carbonyl (C=O) groups excluding carboxylic acids is 1. The minimum Gasteiger partial charge on any atom is -0.453 e. The number of aromatic nitrogens is 3. The zero-order chi connectivity index (χ0) is 27.7. The van der Waals surface area contributed by atoms with E-state index in [1.54, 1.807) is 31.3 Å². The number of hydrogen-bond acceptors (Lipinski definition) is 8. The van der Waals surface area contributed by atoms with Gasteiger partial charge in [-0.25, -0.2) is 18.9 Å². The molecule has 0 saturated carbocycles. The summed E-state index contributed by atoms with van der Waals surface area (Å²) in [6.07, 6.45) is 2.95. The summed E-state index contributed by atoms with van der Waals surface area (Å²) in [6, 6.07) is 7.18. The van der Waals surface area contributed by atoms with E-state index in [0.717, 1.165) is 16.3 Å². The number of nitrogens with zero attached hydrogens (tertiary/aromatic N) is 5. The van der Waals surface area contributed by atoms with Gasteiger partial charge in [0.1, 0.15) is 5.82 Å². The van der Waals surface area contributed by atoms with Gasteiger partial charge in [0.25, 0.3) is 0 Å². The predicted octanol–water partition coefficient (Wildman–Crippen LogP) is 4.81. The monoisotopic (exact) mass is 570 g/mol. The van der Waals surface area contributed by atoms with Gasteiger partial charge in [-0.3, -0.25) is 4.99 Å². The lowest BCUT2D eigenvalue weighted by molar-refractivity contribution is 0.0564. The molecule has 0 radical (unpaired) electrons. The number of aliphatic hydroxyl groups is 1. The zero-order valence-electron chi connectivity index (χ0n) is 20.5. The van der Waals surface area contributed by atoms with Crippen molar-refractivity contribution >= 4 is 40.4 Å². The van der Waals surface area contributed by atoms with Crippen LogP contribution in [0.1, 0.15) is 30.6 Å². The lowest BCUT2D eigenvalue weighted by atomic mass is 10.1. The van der Waals surface area contributed by atoms with Crippen LogP contribution < -0.4 is 5.32 Å². The van der Waals surface area contributed by atoms with Gasteiger partial charge in [0.15, 0.2) is 10.8 Å². The van der Waals surface area contributed by atoms with Crippen LogP contribution in [0.4, 0.5) is 18.0 Å². The Bertz CT molecular complexity index is 1250. The van der Waals surface area contributed by atoms with Crippen molar-refractivity contribution in [1.82, 2.24) is 25.0 Å². The fourth-order valence-corrected chi connectivity index (χ4v) is 4.53. The maximum atomic E-state index is 12.9. The van der Waals surface area contributed by atoms with Gasteiger partial charge >= 0.3 is 12.6 Å². The summed E-state index contributed by atoms with van der Waals surface area (Å²) >= 11 is 6.87. The van der Waals surface area contributed by atoms with Crippen molar-refractivity contribution in [2.75, 3.05) is 26.8 Å². The molecule has 1 amide bonds. The highest BCUT2D eigenvalue weighted by Gasteiger charge is 2.37. The summed E-state index contributed by atoms with van der Waals surface area (Å²) in [5.41, 5.74) is 2.12. The van der Waals surface area contributed by atoms with Crippen molar-refractivity contribution in [3.05, 3.63) is 75.3 Å². The van der Waals surface area contributed by atoms with Gasteiger partial charge < -0.3 is 20.1 Å². The number of ether oxygens (including phenoxy) is 1. The molecule has 1 unspecified atom stereocenters. The molecule has 1 aromatic carbocycles. The van der Waals surface area contributed by atoms with Crippen molar-refractivity contribution in [2.45, 2.75) is 25.9 Å². The van der Waals surface area contributed by atoms with Gasteiger partial charge in [0.2, 0.25) is 0 Å². The Labute approximate surface area is 226 Å². The molecule has 2 N–H and O–H groups in total. The molecule has 2 aromatic heterocycles. The van der Waals surface area contributed by atoms with Crippen molar-refractivity contribution in [1.29, 1.82) is 0 Å². The number of carbonyl (C=O) groups is 1. The minimum atomic E-state index is -2.70. The molecule has 0 spiro atoms. The van der Waals surface area contributed by atoms with E-state index < -0.39 is 12.6 Å². The molecule has 4 heterocycles. The summed E-state index contributed by atoms with van der Waals surface area (Å²) in [5, 5.41) is 17.4. The Hall–Kier alpha value is -3.42.